The lowest BCUT2D eigenvalue weighted by atomic mass is 9.67. The fourth-order valence-corrected chi connectivity index (χ4v) is 5.10. The van der Waals surface area contributed by atoms with Gasteiger partial charge in [0.05, 0.1) is 5.54 Å². The Bertz CT molecular complexity index is 607. The summed E-state index contributed by atoms with van der Waals surface area (Å²) in [6.45, 7) is 9.44. The van der Waals surface area contributed by atoms with Crippen LogP contribution in [0, 0.1) is 17.8 Å². The zero-order valence-corrected chi connectivity index (χ0v) is 16.2. The van der Waals surface area contributed by atoms with Crippen LogP contribution in [0.1, 0.15) is 58.1 Å². The Kier molecular flexibility index (Phi) is 5.64. The molecule has 0 spiro atoms. The third-order valence-electron chi connectivity index (χ3n) is 6.10. The van der Waals surface area contributed by atoms with Crippen molar-refractivity contribution in [1.29, 1.82) is 0 Å². The van der Waals surface area contributed by atoms with Gasteiger partial charge in [-0.3, -0.25) is 0 Å². The van der Waals surface area contributed by atoms with Crippen molar-refractivity contribution in [3.05, 3.63) is 71.8 Å². The second-order valence-electron chi connectivity index (χ2n) is 8.01. The highest BCUT2D eigenvalue weighted by Crippen LogP contribution is 2.51. The zero-order valence-electron chi connectivity index (χ0n) is 16.2. The Morgan fingerprint density at radius 1 is 0.840 bits per heavy atom. The second-order valence-corrected chi connectivity index (χ2v) is 8.01. The van der Waals surface area contributed by atoms with Gasteiger partial charge in [0.15, 0.2) is 0 Å². The second kappa shape index (κ2) is 7.74. The zero-order chi connectivity index (χ0) is 17.9. The van der Waals surface area contributed by atoms with Crippen molar-refractivity contribution in [2.75, 3.05) is 0 Å². The van der Waals surface area contributed by atoms with Crippen LogP contribution in [-0.2, 0) is 5.54 Å². The van der Waals surface area contributed by atoms with Gasteiger partial charge in [-0.05, 0) is 41.7 Å². The summed E-state index contributed by atoms with van der Waals surface area (Å²) in [5.74, 6) is 2.03. The number of benzene rings is 2. The van der Waals surface area contributed by atoms with Crippen molar-refractivity contribution in [2.45, 2.75) is 58.5 Å². The van der Waals surface area contributed by atoms with Crippen molar-refractivity contribution in [3.63, 3.8) is 0 Å². The van der Waals surface area contributed by atoms with Crippen molar-refractivity contribution < 1.29 is 0 Å². The molecular weight excluding hydrogens is 302 g/mol. The molecule has 2 aromatic carbocycles. The number of hydrogen-bond donors (Lipinski definition) is 1. The van der Waals surface area contributed by atoms with Gasteiger partial charge in [-0.15, -0.1) is 0 Å². The molecule has 25 heavy (non-hydrogen) atoms. The minimum Gasteiger partial charge on any atom is -0.300 e. The smallest absolute Gasteiger partial charge is 0.0724 e. The SMILES string of the molecule is CCC1[C@H](CC)NC(c2ccccc2)(c2ccccc2)[C@H]1CC(C)C. The van der Waals surface area contributed by atoms with Gasteiger partial charge < -0.3 is 5.32 Å². The fourth-order valence-electron chi connectivity index (χ4n) is 5.10. The molecule has 3 atom stereocenters. The van der Waals surface area contributed by atoms with Crippen LogP contribution in [0.25, 0.3) is 0 Å². The molecule has 0 aromatic heterocycles. The predicted molar refractivity (Wildman–Crippen MR) is 108 cm³/mol. The first-order chi connectivity index (χ1) is 12.1. The summed E-state index contributed by atoms with van der Waals surface area (Å²) in [5.41, 5.74) is 2.76. The largest absolute Gasteiger partial charge is 0.300 e. The van der Waals surface area contributed by atoms with Crippen molar-refractivity contribution in [3.8, 4) is 0 Å². The van der Waals surface area contributed by atoms with Gasteiger partial charge in [0.1, 0.15) is 0 Å². The summed E-state index contributed by atoms with van der Waals surface area (Å²) >= 11 is 0. The Morgan fingerprint density at radius 2 is 1.36 bits per heavy atom. The Morgan fingerprint density at radius 3 is 1.76 bits per heavy atom. The average Bonchev–Trinajstić information content (AvgIpc) is 2.97. The maximum absolute atomic E-state index is 4.14. The molecule has 1 aliphatic rings. The maximum Gasteiger partial charge on any atom is 0.0724 e. The molecule has 1 N–H and O–H groups in total. The highest BCUT2D eigenvalue weighted by atomic mass is 15.1. The monoisotopic (exact) mass is 335 g/mol. The molecule has 134 valence electrons. The van der Waals surface area contributed by atoms with Gasteiger partial charge in [0.25, 0.3) is 0 Å². The fraction of sp³-hybridized carbons (Fsp3) is 0.500. The topological polar surface area (TPSA) is 12.0 Å². The van der Waals surface area contributed by atoms with Gasteiger partial charge in [0.2, 0.25) is 0 Å². The Balaban J connectivity index is 2.21. The molecule has 1 fully saturated rings. The summed E-state index contributed by atoms with van der Waals surface area (Å²) in [6.07, 6.45) is 3.69. The predicted octanol–water partition coefficient (Wildman–Crippen LogP) is 6.00. The van der Waals surface area contributed by atoms with Crippen LogP contribution >= 0.6 is 0 Å². The van der Waals surface area contributed by atoms with E-state index in [2.05, 4.69) is 93.7 Å². The van der Waals surface area contributed by atoms with Crippen molar-refractivity contribution in [1.82, 2.24) is 5.32 Å². The van der Waals surface area contributed by atoms with Crippen LogP contribution in [0.15, 0.2) is 60.7 Å². The standard InChI is InChI=1S/C24H33N/c1-5-21-22(17-18(3)4)24(25-23(21)6-2,19-13-9-7-10-14-19)20-15-11-8-12-16-20/h7-16,18,21-23,25H,5-6,17H2,1-4H3/t21?,22-,23-/m0/s1. The van der Waals surface area contributed by atoms with Gasteiger partial charge in [-0.1, -0.05) is 94.8 Å². The number of nitrogens with one attached hydrogen (secondary N) is 1. The van der Waals surface area contributed by atoms with E-state index in [-0.39, 0.29) is 5.54 Å². The lowest BCUT2D eigenvalue weighted by Gasteiger charge is -2.39. The first-order valence-corrected chi connectivity index (χ1v) is 10.0. The molecule has 1 heterocycles. The highest BCUT2D eigenvalue weighted by molar-refractivity contribution is 5.42. The molecule has 2 aromatic rings. The van der Waals surface area contributed by atoms with E-state index in [1.165, 1.54) is 30.4 Å². The van der Waals surface area contributed by atoms with Crippen molar-refractivity contribution >= 4 is 0 Å². The van der Waals surface area contributed by atoms with Gasteiger partial charge >= 0.3 is 0 Å². The third-order valence-corrected chi connectivity index (χ3v) is 6.10. The van der Waals surface area contributed by atoms with Gasteiger partial charge in [-0.2, -0.15) is 0 Å². The first kappa shape index (κ1) is 18.2. The minimum absolute atomic E-state index is 0.0753. The van der Waals surface area contributed by atoms with Crippen molar-refractivity contribution in [2.24, 2.45) is 17.8 Å². The summed E-state index contributed by atoms with van der Waals surface area (Å²) in [6, 6.07) is 22.9. The minimum atomic E-state index is -0.0753. The van der Waals surface area contributed by atoms with Crippen LogP contribution in [0.4, 0.5) is 0 Å². The van der Waals surface area contributed by atoms with Gasteiger partial charge in [-0.25, -0.2) is 0 Å². The molecule has 0 saturated carbocycles. The molecule has 3 rings (SSSR count). The molecule has 1 heteroatoms. The third kappa shape index (κ3) is 3.27. The summed E-state index contributed by atoms with van der Waals surface area (Å²) in [7, 11) is 0. The first-order valence-electron chi connectivity index (χ1n) is 10.0. The van der Waals surface area contributed by atoms with Gasteiger partial charge in [0, 0.05) is 6.04 Å². The molecule has 1 aliphatic heterocycles. The van der Waals surface area contributed by atoms with Crippen LogP contribution in [0.2, 0.25) is 0 Å². The van der Waals surface area contributed by atoms with E-state index in [0.717, 1.165) is 0 Å². The van der Waals surface area contributed by atoms with Crippen LogP contribution < -0.4 is 5.32 Å². The van der Waals surface area contributed by atoms with E-state index in [1.807, 2.05) is 0 Å². The molecule has 0 amide bonds. The average molecular weight is 336 g/mol. The Labute approximate surface area is 153 Å². The molecular formula is C24H33N. The normalized spacial score (nSPS) is 25.4. The van der Waals surface area contributed by atoms with Crippen LogP contribution in [0.3, 0.4) is 0 Å². The molecule has 1 saturated heterocycles. The lowest BCUT2D eigenvalue weighted by molar-refractivity contribution is 0.235. The number of rotatable bonds is 6. The molecule has 1 unspecified atom stereocenters. The Hall–Kier alpha value is -1.60. The van der Waals surface area contributed by atoms with E-state index in [4.69, 9.17) is 0 Å². The summed E-state index contributed by atoms with van der Waals surface area (Å²) in [5, 5.41) is 4.14. The van der Waals surface area contributed by atoms with E-state index < -0.39 is 0 Å². The van der Waals surface area contributed by atoms with E-state index in [1.54, 1.807) is 0 Å². The number of hydrogen-bond acceptors (Lipinski definition) is 1. The quantitative estimate of drug-likeness (QED) is 0.682. The maximum atomic E-state index is 4.14. The van der Waals surface area contributed by atoms with Crippen LogP contribution in [0.5, 0.6) is 0 Å². The van der Waals surface area contributed by atoms with E-state index in [0.29, 0.717) is 23.8 Å². The molecule has 0 radical (unpaired) electrons. The lowest BCUT2D eigenvalue weighted by Crippen LogP contribution is -2.45. The molecule has 1 nitrogen and oxygen atoms in total. The molecule has 0 aliphatic carbocycles. The van der Waals surface area contributed by atoms with E-state index >= 15 is 0 Å². The van der Waals surface area contributed by atoms with Crippen LogP contribution in [-0.4, -0.2) is 6.04 Å². The summed E-state index contributed by atoms with van der Waals surface area (Å²) < 4.78 is 0. The highest BCUT2D eigenvalue weighted by Gasteiger charge is 2.53. The summed E-state index contributed by atoms with van der Waals surface area (Å²) in [4.78, 5) is 0. The molecule has 0 bridgehead atoms. The van der Waals surface area contributed by atoms with E-state index in [9.17, 15) is 0 Å².